The second kappa shape index (κ2) is 5.55. The van der Waals surface area contributed by atoms with Crippen LogP contribution >= 0.6 is 11.3 Å². The molecular formula is C15H16N2OS. The Morgan fingerprint density at radius 3 is 3.00 bits per heavy atom. The zero-order chi connectivity index (χ0) is 13.1. The van der Waals surface area contributed by atoms with Gasteiger partial charge in [-0.2, -0.15) is 0 Å². The highest BCUT2D eigenvalue weighted by molar-refractivity contribution is 7.09. The Hall–Kier alpha value is -1.65. The summed E-state index contributed by atoms with van der Waals surface area (Å²) in [5, 5.41) is 7.77. The summed E-state index contributed by atoms with van der Waals surface area (Å²) in [6.45, 7) is 3.02. The van der Waals surface area contributed by atoms with Crippen molar-refractivity contribution in [3.05, 3.63) is 52.7 Å². The van der Waals surface area contributed by atoms with Gasteiger partial charge in [-0.15, -0.1) is 11.3 Å². The van der Waals surface area contributed by atoms with Gasteiger partial charge in [0.15, 0.2) is 0 Å². The summed E-state index contributed by atoms with van der Waals surface area (Å²) in [6.07, 6.45) is 2.72. The number of likely N-dealkylation sites (N-methyl/N-ethyl adjacent to an activating group) is 1. The maximum atomic E-state index is 5.95. The molecule has 0 aliphatic carbocycles. The van der Waals surface area contributed by atoms with E-state index >= 15 is 0 Å². The molecule has 0 saturated heterocycles. The summed E-state index contributed by atoms with van der Waals surface area (Å²) in [4.78, 5) is 4.35. The van der Waals surface area contributed by atoms with Gasteiger partial charge < -0.3 is 9.73 Å². The lowest BCUT2D eigenvalue weighted by molar-refractivity contribution is 0.434. The van der Waals surface area contributed by atoms with Gasteiger partial charge in [-0.3, -0.25) is 0 Å². The lowest BCUT2D eigenvalue weighted by Crippen LogP contribution is -2.22. The van der Waals surface area contributed by atoms with Crippen molar-refractivity contribution in [3.8, 4) is 0 Å². The Balaban J connectivity index is 1.90. The molecule has 19 heavy (non-hydrogen) atoms. The van der Waals surface area contributed by atoms with Crippen molar-refractivity contribution in [1.29, 1.82) is 0 Å². The van der Waals surface area contributed by atoms with Gasteiger partial charge >= 0.3 is 0 Å². The maximum absolute atomic E-state index is 5.95. The average Bonchev–Trinajstić information content (AvgIpc) is 3.06. The first-order valence-corrected chi connectivity index (χ1v) is 7.35. The molecular weight excluding hydrogens is 256 g/mol. The number of rotatable bonds is 5. The first-order valence-electron chi connectivity index (χ1n) is 6.47. The van der Waals surface area contributed by atoms with Crippen LogP contribution in [-0.4, -0.2) is 11.5 Å². The molecule has 0 spiro atoms. The lowest BCUT2D eigenvalue weighted by Gasteiger charge is -2.13. The van der Waals surface area contributed by atoms with Crippen LogP contribution < -0.4 is 5.32 Å². The number of hydrogen-bond donors (Lipinski definition) is 1. The molecule has 1 aromatic carbocycles. The number of nitrogens with one attached hydrogen (secondary N) is 1. The molecule has 1 atom stereocenters. The molecule has 0 amide bonds. The monoisotopic (exact) mass is 272 g/mol. The topological polar surface area (TPSA) is 38.1 Å². The fraction of sp³-hybridized carbons (Fsp3) is 0.267. The molecule has 2 aromatic heterocycles. The van der Waals surface area contributed by atoms with Crippen molar-refractivity contribution in [3.63, 3.8) is 0 Å². The van der Waals surface area contributed by atoms with Crippen LogP contribution in [0.2, 0.25) is 0 Å². The standard InChI is InChI=1S/C15H16N2OS/c1-2-16-12(10-15-17-7-8-19-15)14-9-11-5-3-4-6-13(11)18-14/h3-9,12,16H,2,10H2,1H3. The van der Waals surface area contributed by atoms with Gasteiger partial charge in [0, 0.05) is 23.4 Å². The van der Waals surface area contributed by atoms with E-state index in [9.17, 15) is 0 Å². The van der Waals surface area contributed by atoms with Gasteiger partial charge in [0.05, 0.1) is 11.0 Å². The Kier molecular flexibility index (Phi) is 3.62. The quantitative estimate of drug-likeness (QED) is 0.768. The molecule has 3 nitrogen and oxygen atoms in total. The molecule has 3 aromatic rings. The summed E-state index contributed by atoms with van der Waals surface area (Å²) in [7, 11) is 0. The molecule has 0 aliphatic rings. The smallest absolute Gasteiger partial charge is 0.134 e. The Morgan fingerprint density at radius 1 is 1.37 bits per heavy atom. The predicted molar refractivity (Wildman–Crippen MR) is 78.4 cm³/mol. The van der Waals surface area contributed by atoms with Gasteiger partial charge in [0.2, 0.25) is 0 Å². The highest BCUT2D eigenvalue weighted by Crippen LogP contribution is 2.26. The minimum Gasteiger partial charge on any atom is -0.459 e. The van der Waals surface area contributed by atoms with Gasteiger partial charge in [-0.1, -0.05) is 25.1 Å². The third-order valence-corrected chi connectivity index (χ3v) is 3.90. The normalized spacial score (nSPS) is 12.9. The SMILES string of the molecule is CCNC(Cc1nccs1)c1cc2ccccc2o1. The zero-order valence-electron chi connectivity index (χ0n) is 10.8. The van der Waals surface area contributed by atoms with Crippen molar-refractivity contribution < 1.29 is 4.42 Å². The third-order valence-electron chi connectivity index (χ3n) is 3.10. The van der Waals surface area contributed by atoms with Crippen molar-refractivity contribution in [1.82, 2.24) is 10.3 Å². The fourth-order valence-corrected chi connectivity index (χ4v) is 2.89. The van der Waals surface area contributed by atoms with E-state index in [4.69, 9.17) is 4.42 Å². The second-order valence-electron chi connectivity index (χ2n) is 4.43. The highest BCUT2D eigenvalue weighted by atomic mass is 32.1. The number of para-hydroxylation sites is 1. The van der Waals surface area contributed by atoms with Crippen molar-refractivity contribution in [2.24, 2.45) is 0 Å². The van der Waals surface area contributed by atoms with E-state index in [1.807, 2.05) is 29.8 Å². The van der Waals surface area contributed by atoms with Crippen LogP contribution in [0.3, 0.4) is 0 Å². The van der Waals surface area contributed by atoms with E-state index in [0.717, 1.165) is 34.7 Å². The molecule has 0 bridgehead atoms. The minimum atomic E-state index is 0.184. The van der Waals surface area contributed by atoms with E-state index in [0.29, 0.717) is 0 Å². The predicted octanol–water partition coefficient (Wildman–Crippen LogP) is 3.78. The van der Waals surface area contributed by atoms with Crippen LogP contribution in [0.15, 0.2) is 46.3 Å². The molecule has 1 N–H and O–H groups in total. The molecule has 1 unspecified atom stereocenters. The van der Waals surface area contributed by atoms with Crippen LogP contribution in [0, 0.1) is 0 Å². The first-order chi connectivity index (χ1) is 9.36. The van der Waals surface area contributed by atoms with Crippen LogP contribution in [0.5, 0.6) is 0 Å². The zero-order valence-corrected chi connectivity index (χ0v) is 11.6. The molecule has 4 heteroatoms. The molecule has 0 aliphatic heterocycles. The Bertz CT molecular complexity index is 612. The van der Waals surface area contributed by atoms with E-state index in [-0.39, 0.29) is 6.04 Å². The number of hydrogen-bond acceptors (Lipinski definition) is 4. The molecule has 0 radical (unpaired) electrons. The Morgan fingerprint density at radius 2 is 2.26 bits per heavy atom. The van der Waals surface area contributed by atoms with Crippen LogP contribution in [0.1, 0.15) is 23.7 Å². The van der Waals surface area contributed by atoms with Gasteiger partial charge in [-0.25, -0.2) is 4.98 Å². The number of aromatic nitrogens is 1. The van der Waals surface area contributed by atoms with E-state index in [1.165, 1.54) is 0 Å². The molecule has 0 fully saturated rings. The third kappa shape index (κ3) is 2.69. The number of nitrogens with zero attached hydrogens (tertiary/aromatic N) is 1. The maximum Gasteiger partial charge on any atom is 0.134 e. The van der Waals surface area contributed by atoms with Crippen LogP contribution in [-0.2, 0) is 6.42 Å². The van der Waals surface area contributed by atoms with Crippen LogP contribution in [0.25, 0.3) is 11.0 Å². The summed E-state index contributed by atoms with van der Waals surface area (Å²) in [5.41, 5.74) is 0.944. The van der Waals surface area contributed by atoms with Crippen molar-refractivity contribution in [2.45, 2.75) is 19.4 Å². The molecule has 0 saturated carbocycles. The first kappa shape index (κ1) is 12.4. The summed E-state index contributed by atoms with van der Waals surface area (Å²) >= 11 is 1.69. The van der Waals surface area contributed by atoms with Gasteiger partial charge in [-0.05, 0) is 18.7 Å². The molecule has 2 heterocycles. The van der Waals surface area contributed by atoms with E-state index in [2.05, 4.69) is 29.4 Å². The van der Waals surface area contributed by atoms with Gasteiger partial charge in [0.25, 0.3) is 0 Å². The second-order valence-corrected chi connectivity index (χ2v) is 5.41. The minimum absolute atomic E-state index is 0.184. The van der Waals surface area contributed by atoms with Gasteiger partial charge in [0.1, 0.15) is 11.3 Å². The van der Waals surface area contributed by atoms with Crippen molar-refractivity contribution in [2.75, 3.05) is 6.54 Å². The number of benzene rings is 1. The largest absolute Gasteiger partial charge is 0.459 e. The van der Waals surface area contributed by atoms with Crippen molar-refractivity contribution >= 4 is 22.3 Å². The number of furan rings is 1. The lowest BCUT2D eigenvalue weighted by atomic mass is 10.1. The average molecular weight is 272 g/mol. The summed E-state index contributed by atoms with van der Waals surface area (Å²) in [5.74, 6) is 0.984. The van der Waals surface area contributed by atoms with E-state index in [1.54, 1.807) is 11.3 Å². The summed E-state index contributed by atoms with van der Waals surface area (Å²) in [6, 6.07) is 10.4. The number of fused-ring (bicyclic) bond motifs is 1. The summed E-state index contributed by atoms with van der Waals surface area (Å²) < 4.78 is 5.95. The van der Waals surface area contributed by atoms with Crippen LogP contribution in [0.4, 0.5) is 0 Å². The molecule has 98 valence electrons. The fourth-order valence-electron chi connectivity index (χ4n) is 2.22. The van der Waals surface area contributed by atoms with E-state index < -0.39 is 0 Å². The number of thiazole rings is 1. The highest BCUT2D eigenvalue weighted by Gasteiger charge is 2.17. The molecule has 3 rings (SSSR count). The Labute approximate surface area is 116 Å².